The average Bonchev–Trinajstić information content (AvgIpc) is 2.72. The zero-order valence-electron chi connectivity index (χ0n) is 10.1. The first-order chi connectivity index (χ1) is 8.22. The van der Waals surface area contributed by atoms with Crippen molar-refractivity contribution in [3.63, 3.8) is 0 Å². The largest absolute Gasteiger partial charge is 0.440 e. The van der Waals surface area contributed by atoms with Crippen LogP contribution in [0.2, 0.25) is 5.02 Å². The van der Waals surface area contributed by atoms with E-state index in [9.17, 15) is 0 Å². The van der Waals surface area contributed by atoms with Gasteiger partial charge in [0.15, 0.2) is 11.5 Å². The lowest BCUT2D eigenvalue weighted by molar-refractivity contribution is 0.342. The monoisotopic (exact) mass is 286 g/mol. The summed E-state index contributed by atoms with van der Waals surface area (Å²) in [5.74, 6) is 1.22. The molecule has 1 aromatic heterocycles. The van der Waals surface area contributed by atoms with Crippen LogP contribution in [-0.4, -0.2) is 17.6 Å². The molecule has 18 heavy (non-hydrogen) atoms. The first-order valence-electron chi connectivity index (χ1n) is 6.02. The van der Waals surface area contributed by atoms with E-state index in [1.165, 1.54) is 6.42 Å². The van der Waals surface area contributed by atoms with Gasteiger partial charge in [0.1, 0.15) is 5.52 Å². The van der Waals surface area contributed by atoms with E-state index in [0.29, 0.717) is 17.0 Å². The van der Waals surface area contributed by atoms with E-state index in [2.05, 4.69) is 17.2 Å². The molecule has 2 heterocycles. The van der Waals surface area contributed by atoms with Gasteiger partial charge in [-0.2, -0.15) is 0 Å². The molecular formula is C13H16Cl2N2O. The molecule has 0 amide bonds. The van der Waals surface area contributed by atoms with Crippen molar-refractivity contribution in [2.24, 2.45) is 0 Å². The highest BCUT2D eigenvalue weighted by atomic mass is 35.5. The zero-order chi connectivity index (χ0) is 11.8. The lowest BCUT2D eigenvalue weighted by Gasteiger charge is -2.25. The predicted octanol–water partition coefficient (Wildman–Crippen LogP) is 3.76. The number of nitrogens with zero attached hydrogens (tertiary/aromatic N) is 1. The van der Waals surface area contributed by atoms with Gasteiger partial charge in [0.25, 0.3) is 0 Å². The van der Waals surface area contributed by atoms with Crippen molar-refractivity contribution in [2.45, 2.75) is 31.7 Å². The van der Waals surface area contributed by atoms with Crippen molar-refractivity contribution in [3.8, 4) is 0 Å². The van der Waals surface area contributed by atoms with Crippen LogP contribution in [0.25, 0.3) is 11.1 Å². The van der Waals surface area contributed by atoms with E-state index in [1.54, 1.807) is 0 Å². The maximum atomic E-state index is 5.93. The Morgan fingerprint density at radius 3 is 2.94 bits per heavy atom. The van der Waals surface area contributed by atoms with E-state index in [0.717, 1.165) is 30.0 Å². The summed E-state index contributed by atoms with van der Waals surface area (Å²) in [6.07, 6.45) is 2.30. The maximum absolute atomic E-state index is 5.93. The zero-order valence-corrected chi connectivity index (χ0v) is 11.7. The second kappa shape index (κ2) is 5.47. The number of oxazole rings is 1. The van der Waals surface area contributed by atoms with Crippen LogP contribution in [0.5, 0.6) is 0 Å². The molecule has 1 aliphatic heterocycles. The van der Waals surface area contributed by atoms with Gasteiger partial charge in [0, 0.05) is 29.6 Å². The maximum Gasteiger partial charge on any atom is 0.199 e. The molecule has 98 valence electrons. The standard InChI is InChI=1S/C13H15ClN2O.ClH/c1-8-2-3-9(7-15-8)13-16-11-5-4-10(14)6-12(11)17-13;/h4-6,8-9,15H,2-3,7H2,1H3;1H/t8-,9-;/m1./s1. The van der Waals surface area contributed by atoms with Crippen LogP contribution in [0.4, 0.5) is 0 Å². The molecule has 3 nitrogen and oxygen atoms in total. The molecule has 0 spiro atoms. The summed E-state index contributed by atoms with van der Waals surface area (Å²) >= 11 is 5.93. The minimum absolute atomic E-state index is 0. The quantitative estimate of drug-likeness (QED) is 0.867. The molecular weight excluding hydrogens is 271 g/mol. The number of hydrogen-bond acceptors (Lipinski definition) is 3. The Labute approximate surface area is 117 Å². The number of rotatable bonds is 1. The van der Waals surface area contributed by atoms with Gasteiger partial charge in [-0.3, -0.25) is 0 Å². The molecule has 0 aliphatic carbocycles. The third-order valence-corrected chi connectivity index (χ3v) is 3.61. The Balaban J connectivity index is 0.00000120. The Hall–Kier alpha value is -0.770. The van der Waals surface area contributed by atoms with Crippen molar-refractivity contribution in [1.29, 1.82) is 0 Å². The Morgan fingerprint density at radius 1 is 1.39 bits per heavy atom. The third-order valence-electron chi connectivity index (χ3n) is 3.38. The highest BCUT2D eigenvalue weighted by molar-refractivity contribution is 6.31. The van der Waals surface area contributed by atoms with Gasteiger partial charge in [-0.25, -0.2) is 4.98 Å². The first-order valence-corrected chi connectivity index (χ1v) is 6.39. The van der Waals surface area contributed by atoms with Crippen molar-refractivity contribution in [2.75, 3.05) is 6.54 Å². The van der Waals surface area contributed by atoms with Gasteiger partial charge in [0.05, 0.1) is 0 Å². The summed E-state index contributed by atoms with van der Waals surface area (Å²) in [5, 5.41) is 4.15. The molecule has 1 N–H and O–H groups in total. The van der Waals surface area contributed by atoms with Crippen molar-refractivity contribution in [3.05, 3.63) is 29.1 Å². The van der Waals surface area contributed by atoms with Gasteiger partial charge in [0.2, 0.25) is 0 Å². The second-order valence-corrected chi connectivity index (χ2v) is 5.18. The summed E-state index contributed by atoms with van der Waals surface area (Å²) in [7, 11) is 0. The lowest BCUT2D eigenvalue weighted by atomic mass is 9.95. The normalized spacial score (nSPS) is 23.9. The average molecular weight is 287 g/mol. The van der Waals surface area contributed by atoms with E-state index in [-0.39, 0.29) is 12.4 Å². The van der Waals surface area contributed by atoms with E-state index < -0.39 is 0 Å². The summed E-state index contributed by atoms with van der Waals surface area (Å²) in [6.45, 7) is 3.16. The molecule has 0 unspecified atom stereocenters. The topological polar surface area (TPSA) is 38.1 Å². The minimum atomic E-state index is 0. The van der Waals surface area contributed by atoms with Gasteiger partial charge >= 0.3 is 0 Å². The van der Waals surface area contributed by atoms with Crippen LogP contribution in [0.3, 0.4) is 0 Å². The highest BCUT2D eigenvalue weighted by Crippen LogP contribution is 2.28. The highest BCUT2D eigenvalue weighted by Gasteiger charge is 2.23. The minimum Gasteiger partial charge on any atom is -0.440 e. The van der Waals surface area contributed by atoms with Crippen molar-refractivity contribution < 1.29 is 4.42 Å². The summed E-state index contributed by atoms with van der Waals surface area (Å²) in [4.78, 5) is 4.54. The summed E-state index contributed by atoms with van der Waals surface area (Å²) < 4.78 is 5.79. The number of aromatic nitrogens is 1. The molecule has 2 aromatic rings. The van der Waals surface area contributed by atoms with Crippen LogP contribution in [0, 0.1) is 0 Å². The molecule has 1 aromatic carbocycles. The van der Waals surface area contributed by atoms with Crippen molar-refractivity contribution in [1.82, 2.24) is 10.3 Å². The molecule has 3 rings (SSSR count). The van der Waals surface area contributed by atoms with Crippen LogP contribution < -0.4 is 5.32 Å². The smallest absolute Gasteiger partial charge is 0.199 e. The van der Waals surface area contributed by atoms with E-state index >= 15 is 0 Å². The number of piperidine rings is 1. The van der Waals surface area contributed by atoms with E-state index in [1.807, 2.05) is 18.2 Å². The number of benzene rings is 1. The molecule has 0 bridgehead atoms. The number of hydrogen-bond donors (Lipinski definition) is 1. The SMILES string of the molecule is C[C@@H]1CC[C@@H](c2nc3ccc(Cl)cc3o2)CN1.Cl. The molecule has 1 saturated heterocycles. The van der Waals surface area contributed by atoms with Crippen molar-refractivity contribution >= 4 is 35.1 Å². The van der Waals surface area contributed by atoms with Crippen LogP contribution >= 0.6 is 24.0 Å². The molecule has 0 saturated carbocycles. The van der Waals surface area contributed by atoms with Gasteiger partial charge in [-0.1, -0.05) is 11.6 Å². The Morgan fingerprint density at radius 2 is 2.22 bits per heavy atom. The molecule has 5 heteroatoms. The van der Waals surface area contributed by atoms with Gasteiger partial charge in [-0.05, 0) is 31.9 Å². The third kappa shape index (κ3) is 2.63. The molecule has 1 aliphatic rings. The summed E-state index contributed by atoms with van der Waals surface area (Å²) in [5.41, 5.74) is 1.68. The van der Waals surface area contributed by atoms with Gasteiger partial charge < -0.3 is 9.73 Å². The molecule has 2 atom stereocenters. The summed E-state index contributed by atoms with van der Waals surface area (Å²) in [6, 6.07) is 6.18. The van der Waals surface area contributed by atoms with Gasteiger partial charge in [-0.15, -0.1) is 12.4 Å². The first kappa shape index (κ1) is 13.7. The Kier molecular flexibility index (Phi) is 4.15. The fraction of sp³-hybridized carbons (Fsp3) is 0.462. The number of fused-ring (bicyclic) bond motifs is 1. The fourth-order valence-electron chi connectivity index (χ4n) is 2.30. The fourth-order valence-corrected chi connectivity index (χ4v) is 2.46. The second-order valence-electron chi connectivity index (χ2n) is 4.75. The van der Waals surface area contributed by atoms with Crippen LogP contribution in [0.1, 0.15) is 31.6 Å². The molecule has 0 radical (unpaired) electrons. The number of halogens is 2. The predicted molar refractivity (Wildman–Crippen MR) is 75.7 cm³/mol. The number of nitrogens with one attached hydrogen (secondary N) is 1. The lowest BCUT2D eigenvalue weighted by Crippen LogP contribution is -2.35. The molecule has 1 fully saturated rings. The Bertz CT molecular complexity index is 533. The van der Waals surface area contributed by atoms with Crippen LogP contribution in [-0.2, 0) is 0 Å². The van der Waals surface area contributed by atoms with Crippen LogP contribution in [0.15, 0.2) is 22.6 Å². The van der Waals surface area contributed by atoms with E-state index in [4.69, 9.17) is 16.0 Å².